The molecule has 2 heterocycles. The second kappa shape index (κ2) is 8.13. The smallest absolute Gasteiger partial charge is 0.000655 e. The molecular weight excluding hydrogens is 222 g/mol. The summed E-state index contributed by atoms with van der Waals surface area (Å²) in [5.74, 6) is 0.979. The molecule has 2 aliphatic heterocycles. The van der Waals surface area contributed by atoms with E-state index < -0.39 is 0 Å². The monoisotopic (exact) mass is 253 g/mol. The van der Waals surface area contributed by atoms with Crippen molar-refractivity contribution in [3.05, 3.63) is 0 Å². The van der Waals surface area contributed by atoms with Crippen molar-refractivity contribution >= 4 is 0 Å². The molecule has 0 aliphatic carbocycles. The van der Waals surface area contributed by atoms with Crippen molar-refractivity contribution in [2.24, 2.45) is 5.92 Å². The van der Waals surface area contributed by atoms with Crippen LogP contribution in [0, 0.1) is 5.92 Å². The van der Waals surface area contributed by atoms with Gasteiger partial charge in [-0.25, -0.2) is 0 Å². The lowest BCUT2D eigenvalue weighted by Crippen LogP contribution is -2.31. The maximum Gasteiger partial charge on any atom is -0.000655 e. The Balaban J connectivity index is 1.47. The van der Waals surface area contributed by atoms with Crippen molar-refractivity contribution in [1.29, 1.82) is 0 Å². The lowest BCUT2D eigenvalue weighted by molar-refractivity contribution is 0.250. The summed E-state index contributed by atoms with van der Waals surface area (Å²) in [5, 5.41) is 3.45. The summed E-state index contributed by atoms with van der Waals surface area (Å²) < 4.78 is 0. The summed E-state index contributed by atoms with van der Waals surface area (Å²) in [5.41, 5.74) is 0. The summed E-state index contributed by atoms with van der Waals surface area (Å²) >= 11 is 0. The minimum Gasteiger partial charge on any atom is -0.317 e. The van der Waals surface area contributed by atoms with Crippen molar-refractivity contribution in [3.63, 3.8) is 0 Å². The Morgan fingerprint density at radius 3 is 2.56 bits per heavy atom. The second-order valence-corrected chi connectivity index (χ2v) is 6.19. The van der Waals surface area contributed by atoms with E-state index in [9.17, 15) is 0 Å². The number of hydrogen-bond donors (Lipinski definition) is 1. The maximum atomic E-state index is 3.45. The first-order valence-corrected chi connectivity index (χ1v) is 7.96. The van der Waals surface area contributed by atoms with Gasteiger partial charge >= 0.3 is 0 Å². The van der Waals surface area contributed by atoms with Crippen LogP contribution in [0.5, 0.6) is 0 Å². The fourth-order valence-electron chi connectivity index (χ4n) is 3.26. The Kier molecular flexibility index (Phi) is 6.46. The molecule has 0 aromatic rings. The van der Waals surface area contributed by atoms with E-state index in [1.165, 1.54) is 84.3 Å². The van der Waals surface area contributed by atoms with Crippen LogP contribution in [0.25, 0.3) is 0 Å². The zero-order valence-corrected chi connectivity index (χ0v) is 12.2. The normalized spacial score (nSPS) is 23.0. The van der Waals surface area contributed by atoms with Gasteiger partial charge in [-0.15, -0.1) is 0 Å². The molecule has 0 amide bonds. The molecule has 18 heavy (non-hydrogen) atoms. The van der Waals surface area contributed by atoms with E-state index in [1.807, 2.05) is 0 Å². The molecule has 2 aliphatic rings. The fraction of sp³-hybridized carbons (Fsp3) is 1.00. The standard InChI is InChI=1S/C15H31N3/c1-17(10-4-13-18-11-2-3-12-18)14-7-15-5-8-16-9-6-15/h15-16H,2-14H2,1H3. The summed E-state index contributed by atoms with van der Waals surface area (Å²) in [6.07, 6.45) is 8.38. The second-order valence-electron chi connectivity index (χ2n) is 6.19. The number of piperidine rings is 1. The van der Waals surface area contributed by atoms with E-state index in [0.29, 0.717) is 0 Å². The molecule has 2 rings (SSSR count). The average Bonchev–Trinajstić information content (AvgIpc) is 2.91. The lowest BCUT2D eigenvalue weighted by Gasteiger charge is -2.25. The summed E-state index contributed by atoms with van der Waals surface area (Å²) in [7, 11) is 2.30. The van der Waals surface area contributed by atoms with E-state index in [-0.39, 0.29) is 0 Å². The van der Waals surface area contributed by atoms with Gasteiger partial charge in [-0.1, -0.05) is 0 Å². The third kappa shape index (κ3) is 5.25. The van der Waals surface area contributed by atoms with Gasteiger partial charge in [0.2, 0.25) is 0 Å². The van der Waals surface area contributed by atoms with Crippen LogP contribution in [0.1, 0.15) is 38.5 Å². The van der Waals surface area contributed by atoms with Gasteiger partial charge in [0.25, 0.3) is 0 Å². The highest BCUT2D eigenvalue weighted by atomic mass is 15.1. The first kappa shape index (κ1) is 14.3. The highest BCUT2D eigenvalue weighted by Crippen LogP contribution is 2.16. The third-order valence-corrected chi connectivity index (χ3v) is 4.59. The molecule has 0 bridgehead atoms. The topological polar surface area (TPSA) is 18.5 Å². The molecule has 1 N–H and O–H groups in total. The highest BCUT2D eigenvalue weighted by molar-refractivity contribution is 4.70. The van der Waals surface area contributed by atoms with Crippen LogP contribution in [-0.4, -0.2) is 62.7 Å². The number of hydrogen-bond acceptors (Lipinski definition) is 3. The molecule has 0 radical (unpaired) electrons. The van der Waals surface area contributed by atoms with Crippen LogP contribution in [-0.2, 0) is 0 Å². The zero-order chi connectivity index (χ0) is 12.6. The number of likely N-dealkylation sites (tertiary alicyclic amines) is 1. The molecule has 2 saturated heterocycles. The third-order valence-electron chi connectivity index (χ3n) is 4.59. The Labute approximate surface area is 113 Å². The Bertz CT molecular complexity index is 208. The molecule has 0 unspecified atom stereocenters. The molecule has 0 atom stereocenters. The van der Waals surface area contributed by atoms with E-state index in [1.54, 1.807) is 0 Å². The van der Waals surface area contributed by atoms with E-state index in [4.69, 9.17) is 0 Å². The summed E-state index contributed by atoms with van der Waals surface area (Å²) in [6, 6.07) is 0. The van der Waals surface area contributed by atoms with Gasteiger partial charge < -0.3 is 15.1 Å². The van der Waals surface area contributed by atoms with Crippen molar-refractivity contribution in [3.8, 4) is 0 Å². The predicted molar refractivity (Wildman–Crippen MR) is 78.0 cm³/mol. The summed E-state index contributed by atoms with van der Waals surface area (Å²) in [6.45, 7) is 9.06. The minimum atomic E-state index is 0.979. The first-order valence-electron chi connectivity index (χ1n) is 7.96. The number of rotatable bonds is 7. The van der Waals surface area contributed by atoms with E-state index in [2.05, 4.69) is 22.2 Å². The molecule has 0 aromatic heterocycles. The molecule has 3 heteroatoms. The highest BCUT2D eigenvalue weighted by Gasteiger charge is 2.14. The SMILES string of the molecule is CN(CCCN1CCCC1)CCC1CCNCC1. The lowest BCUT2D eigenvalue weighted by atomic mass is 9.94. The Morgan fingerprint density at radius 2 is 1.83 bits per heavy atom. The number of nitrogens with zero attached hydrogens (tertiary/aromatic N) is 2. The van der Waals surface area contributed by atoms with Gasteiger partial charge in [-0.3, -0.25) is 0 Å². The Morgan fingerprint density at radius 1 is 1.11 bits per heavy atom. The number of nitrogens with one attached hydrogen (secondary N) is 1. The van der Waals surface area contributed by atoms with Crippen LogP contribution in [0.4, 0.5) is 0 Å². The van der Waals surface area contributed by atoms with Gasteiger partial charge in [-0.05, 0) is 97.3 Å². The first-order chi connectivity index (χ1) is 8.84. The zero-order valence-electron chi connectivity index (χ0n) is 12.2. The quantitative estimate of drug-likeness (QED) is 0.746. The van der Waals surface area contributed by atoms with Crippen LogP contribution in [0.2, 0.25) is 0 Å². The fourth-order valence-corrected chi connectivity index (χ4v) is 3.26. The van der Waals surface area contributed by atoms with Crippen LogP contribution in [0.15, 0.2) is 0 Å². The van der Waals surface area contributed by atoms with Crippen molar-refractivity contribution in [2.75, 3.05) is 52.9 Å². The van der Waals surface area contributed by atoms with Gasteiger partial charge in [0.15, 0.2) is 0 Å². The molecular formula is C15H31N3. The van der Waals surface area contributed by atoms with Gasteiger partial charge in [0, 0.05) is 0 Å². The van der Waals surface area contributed by atoms with Crippen LogP contribution in [0.3, 0.4) is 0 Å². The molecule has 3 nitrogen and oxygen atoms in total. The van der Waals surface area contributed by atoms with Gasteiger partial charge in [-0.2, -0.15) is 0 Å². The minimum absolute atomic E-state index is 0.979. The molecule has 0 aromatic carbocycles. The summed E-state index contributed by atoms with van der Waals surface area (Å²) in [4.78, 5) is 5.17. The van der Waals surface area contributed by atoms with Gasteiger partial charge in [0.1, 0.15) is 0 Å². The average molecular weight is 253 g/mol. The molecule has 2 fully saturated rings. The van der Waals surface area contributed by atoms with Crippen molar-refractivity contribution in [2.45, 2.75) is 38.5 Å². The van der Waals surface area contributed by atoms with Gasteiger partial charge in [0.05, 0.1) is 0 Å². The molecule has 106 valence electrons. The molecule has 0 saturated carbocycles. The maximum absolute atomic E-state index is 3.45. The van der Waals surface area contributed by atoms with Crippen LogP contribution >= 0.6 is 0 Å². The van der Waals surface area contributed by atoms with E-state index >= 15 is 0 Å². The Hall–Kier alpha value is -0.120. The largest absolute Gasteiger partial charge is 0.317 e. The van der Waals surface area contributed by atoms with E-state index in [0.717, 1.165) is 5.92 Å². The van der Waals surface area contributed by atoms with Crippen molar-refractivity contribution in [1.82, 2.24) is 15.1 Å². The van der Waals surface area contributed by atoms with Crippen molar-refractivity contribution < 1.29 is 0 Å². The molecule has 0 spiro atoms. The van der Waals surface area contributed by atoms with Crippen LogP contribution < -0.4 is 5.32 Å². The predicted octanol–water partition coefficient (Wildman–Crippen LogP) is 1.79.